The summed E-state index contributed by atoms with van der Waals surface area (Å²) < 4.78 is 5.06. The molecular formula is C10H12O2. The van der Waals surface area contributed by atoms with E-state index in [2.05, 4.69) is 6.58 Å². The summed E-state index contributed by atoms with van der Waals surface area (Å²) in [5.41, 5.74) is 1.45. The molecule has 0 aromatic heterocycles. The summed E-state index contributed by atoms with van der Waals surface area (Å²) >= 11 is 0. The van der Waals surface area contributed by atoms with E-state index in [1.54, 1.807) is 6.92 Å². The van der Waals surface area contributed by atoms with Gasteiger partial charge in [-0.2, -0.15) is 0 Å². The first-order chi connectivity index (χ1) is 5.61. The lowest BCUT2D eigenvalue weighted by atomic mass is 10.3. The topological polar surface area (TPSA) is 26.3 Å². The SMILES string of the molecule is C=C(C)C(=O)OC1=C(C)C=CC1. The number of allylic oxidation sites excluding steroid dienone is 3. The number of ether oxygens (including phenoxy) is 1. The van der Waals surface area contributed by atoms with Crippen LogP contribution in [0.3, 0.4) is 0 Å². The van der Waals surface area contributed by atoms with Crippen LogP contribution in [0.2, 0.25) is 0 Å². The van der Waals surface area contributed by atoms with Crippen LogP contribution in [0.1, 0.15) is 20.3 Å². The van der Waals surface area contributed by atoms with E-state index in [9.17, 15) is 4.79 Å². The lowest BCUT2D eigenvalue weighted by Crippen LogP contribution is -2.04. The Morgan fingerprint density at radius 2 is 2.33 bits per heavy atom. The van der Waals surface area contributed by atoms with Gasteiger partial charge in [0, 0.05) is 12.0 Å². The second kappa shape index (κ2) is 3.39. The zero-order valence-electron chi connectivity index (χ0n) is 7.39. The van der Waals surface area contributed by atoms with Crippen molar-refractivity contribution in [1.29, 1.82) is 0 Å². The van der Waals surface area contributed by atoms with Crippen molar-refractivity contribution in [3.05, 3.63) is 35.6 Å². The molecule has 1 aliphatic rings. The van der Waals surface area contributed by atoms with Crippen molar-refractivity contribution in [3.63, 3.8) is 0 Å². The van der Waals surface area contributed by atoms with Gasteiger partial charge in [-0.3, -0.25) is 0 Å². The van der Waals surface area contributed by atoms with Crippen LogP contribution in [-0.2, 0) is 9.53 Å². The van der Waals surface area contributed by atoms with Crippen molar-refractivity contribution in [2.75, 3.05) is 0 Å². The Labute approximate surface area is 72.2 Å². The van der Waals surface area contributed by atoms with Crippen molar-refractivity contribution in [2.45, 2.75) is 20.3 Å². The zero-order valence-corrected chi connectivity index (χ0v) is 7.39. The highest BCUT2D eigenvalue weighted by Crippen LogP contribution is 2.20. The van der Waals surface area contributed by atoms with Gasteiger partial charge in [0.15, 0.2) is 0 Å². The van der Waals surface area contributed by atoms with Gasteiger partial charge >= 0.3 is 5.97 Å². The van der Waals surface area contributed by atoms with Crippen LogP contribution in [0.15, 0.2) is 35.6 Å². The third kappa shape index (κ3) is 1.84. The van der Waals surface area contributed by atoms with Crippen LogP contribution < -0.4 is 0 Å². The molecule has 12 heavy (non-hydrogen) atoms. The van der Waals surface area contributed by atoms with Crippen molar-refractivity contribution in [3.8, 4) is 0 Å². The Morgan fingerprint density at radius 3 is 2.75 bits per heavy atom. The minimum atomic E-state index is -0.340. The van der Waals surface area contributed by atoms with E-state index in [1.807, 2.05) is 19.1 Å². The molecule has 0 fully saturated rings. The molecule has 0 unspecified atom stereocenters. The van der Waals surface area contributed by atoms with E-state index in [0.717, 1.165) is 11.3 Å². The second-order valence-electron chi connectivity index (χ2n) is 2.88. The molecular weight excluding hydrogens is 152 g/mol. The first-order valence-electron chi connectivity index (χ1n) is 3.85. The molecule has 2 heteroatoms. The van der Waals surface area contributed by atoms with Gasteiger partial charge in [-0.1, -0.05) is 18.7 Å². The standard InChI is InChI=1S/C10H12O2/c1-7(2)10(11)12-9-6-4-5-8(9)3/h4-5H,1,6H2,2-3H3. The van der Waals surface area contributed by atoms with Gasteiger partial charge in [-0.15, -0.1) is 0 Å². The maximum Gasteiger partial charge on any atom is 0.338 e. The Balaban J connectivity index is 2.59. The van der Waals surface area contributed by atoms with Crippen LogP contribution >= 0.6 is 0 Å². The monoisotopic (exact) mass is 164 g/mol. The molecule has 0 saturated heterocycles. The predicted octanol–water partition coefficient (Wildman–Crippen LogP) is 2.34. The quantitative estimate of drug-likeness (QED) is 0.462. The average Bonchev–Trinajstić information content (AvgIpc) is 2.36. The maximum atomic E-state index is 11.1. The first kappa shape index (κ1) is 8.78. The lowest BCUT2D eigenvalue weighted by Gasteiger charge is -2.04. The van der Waals surface area contributed by atoms with Crippen LogP contribution in [-0.4, -0.2) is 5.97 Å². The van der Waals surface area contributed by atoms with Crippen molar-refractivity contribution in [2.24, 2.45) is 0 Å². The van der Waals surface area contributed by atoms with E-state index < -0.39 is 0 Å². The van der Waals surface area contributed by atoms with Gasteiger partial charge in [-0.25, -0.2) is 4.79 Å². The highest BCUT2D eigenvalue weighted by Gasteiger charge is 2.11. The minimum absolute atomic E-state index is 0.340. The average molecular weight is 164 g/mol. The molecule has 0 aromatic carbocycles. The molecule has 64 valence electrons. The molecule has 0 heterocycles. The molecule has 0 aliphatic heterocycles. The molecule has 0 amide bonds. The fraction of sp³-hybridized carbons (Fsp3) is 0.300. The van der Waals surface area contributed by atoms with Gasteiger partial charge < -0.3 is 4.74 Å². The molecule has 1 rings (SSSR count). The van der Waals surface area contributed by atoms with Crippen molar-refractivity contribution >= 4 is 5.97 Å². The fourth-order valence-corrected chi connectivity index (χ4v) is 0.918. The number of rotatable bonds is 2. The number of carbonyl (C=O) groups is 1. The van der Waals surface area contributed by atoms with Gasteiger partial charge in [-0.05, 0) is 19.4 Å². The summed E-state index contributed by atoms with van der Waals surface area (Å²) in [6, 6.07) is 0. The normalized spacial score (nSPS) is 15.2. The van der Waals surface area contributed by atoms with E-state index in [0.29, 0.717) is 12.0 Å². The Kier molecular flexibility index (Phi) is 2.48. The largest absolute Gasteiger partial charge is 0.427 e. The molecule has 0 N–H and O–H groups in total. The molecule has 0 atom stereocenters. The Bertz CT molecular complexity index is 282. The first-order valence-corrected chi connectivity index (χ1v) is 3.85. The smallest absolute Gasteiger partial charge is 0.338 e. The van der Waals surface area contributed by atoms with E-state index in [-0.39, 0.29) is 5.97 Å². The third-order valence-corrected chi connectivity index (χ3v) is 1.68. The summed E-state index contributed by atoms with van der Waals surface area (Å²) in [6.07, 6.45) is 4.63. The number of esters is 1. The van der Waals surface area contributed by atoms with E-state index in [1.165, 1.54) is 0 Å². The summed E-state index contributed by atoms with van der Waals surface area (Å²) in [6.45, 7) is 7.07. The van der Waals surface area contributed by atoms with Crippen molar-refractivity contribution in [1.82, 2.24) is 0 Å². The molecule has 0 radical (unpaired) electrons. The lowest BCUT2D eigenvalue weighted by molar-refractivity contribution is -0.135. The van der Waals surface area contributed by atoms with Crippen LogP contribution in [0, 0.1) is 0 Å². The summed E-state index contributed by atoms with van der Waals surface area (Å²) in [7, 11) is 0. The summed E-state index contributed by atoms with van der Waals surface area (Å²) in [5, 5.41) is 0. The van der Waals surface area contributed by atoms with Crippen LogP contribution in [0.25, 0.3) is 0 Å². The van der Waals surface area contributed by atoms with Gasteiger partial charge in [0.2, 0.25) is 0 Å². The van der Waals surface area contributed by atoms with E-state index >= 15 is 0 Å². The van der Waals surface area contributed by atoms with Crippen molar-refractivity contribution < 1.29 is 9.53 Å². The highest BCUT2D eigenvalue weighted by atomic mass is 16.5. The second-order valence-corrected chi connectivity index (χ2v) is 2.88. The minimum Gasteiger partial charge on any atom is -0.427 e. The number of carbonyl (C=O) groups excluding carboxylic acids is 1. The maximum absolute atomic E-state index is 11.1. The molecule has 0 saturated carbocycles. The third-order valence-electron chi connectivity index (χ3n) is 1.68. The zero-order chi connectivity index (χ0) is 9.14. The molecule has 2 nitrogen and oxygen atoms in total. The molecule has 0 aromatic rings. The number of hydrogen-bond acceptors (Lipinski definition) is 2. The van der Waals surface area contributed by atoms with Crippen LogP contribution in [0.4, 0.5) is 0 Å². The molecule has 1 aliphatic carbocycles. The van der Waals surface area contributed by atoms with Gasteiger partial charge in [0.1, 0.15) is 5.76 Å². The van der Waals surface area contributed by atoms with Crippen LogP contribution in [0.5, 0.6) is 0 Å². The summed E-state index contributed by atoms with van der Waals surface area (Å²) in [5.74, 6) is 0.399. The summed E-state index contributed by atoms with van der Waals surface area (Å²) in [4.78, 5) is 11.1. The molecule has 0 bridgehead atoms. The van der Waals surface area contributed by atoms with Gasteiger partial charge in [0.05, 0.1) is 0 Å². The number of hydrogen-bond donors (Lipinski definition) is 0. The fourth-order valence-electron chi connectivity index (χ4n) is 0.918. The van der Waals surface area contributed by atoms with Gasteiger partial charge in [0.25, 0.3) is 0 Å². The highest BCUT2D eigenvalue weighted by molar-refractivity contribution is 5.87. The molecule has 0 spiro atoms. The Hall–Kier alpha value is -1.31. The van der Waals surface area contributed by atoms with E-state index in [4.69, 9.17) is 4.74 Å². The Morgan fingerprint density at radius 1 is 1.67 bits per heavy atom. The predicted molar refractivity (Wildman–Crippen MR) is 47.4 cm³/mol.